The van der Waals surface area contributed by atoms with E-state index >= 15 is 0 Å². The molecule has 2 N–H and O–H groups in total. The van der Waals surface area contributed by atoms with Crippen molar-refractivity contribution in [2.24, 2.45) is 5.92 Å². The Morgan fingerprint density at radius 1 is 1.10 bits per heavy atom. The standard InChI is InChI=1S/C21H21FN4O4S/c22-16-6-2-4-8-18(16)31(28,29)26-11-9-14(10-12-26)21(27)30-13-19-24-17-7-3-1-5-15(17)20(23)25-19/h1-8,14H,9-13H2,(H2,23,24,25). The summed E-state index contributed by atoms with van der Waals surface area (Å²) in [6, 6.07) is 12.5. The molecule has 1 aliphatic heterocycles. The van der Waals surface area contributed by atoms with Gasteiger partial charge >= 0.3 is 5.97 Å². The molecule has 2 heterocycles. The Labute approximate surface area is 178 Å². The maximum absolute atomic E-state index is 13.9. The van der Waals surface area contributed by atoms with E-state index in [-0.39, 0.29) is 37.4 Å². The average molecular weight is 444 g/mol. The zero-order valence-electron chi connectivity index (χ0n) is 16.6. The van der Waals surface area contributed by atoms with Gasteiger partial charge in [0.25, 0.3) is 0 Å². The number of rotatable bonds is 5. The zero-order valence-corrected chi connectivity index (χ0v) is 17.4. The van der Waals surface area contributed by atoms with Crippen LogP contribution in [0.4, 0.5) is 10.2 Å². The number of sulfonamides is 1. The van der Waals surface area contributed by atoms with E-state index in [9.17, 15) is 17.6 Å². The van der Waals surface area contributed by atoms with Crippen LogP contribution in [0.1, 0.15) is 18.7 Å². The molecule has 0 radical (unpaired) electrons. The van der Waals surface area contributed by atoms with Crippen molar-refractivity contribution in [3.63, 3.8) is 0 Å². The Morgan fingerprint density at radius 3 is 2.52 bits per heavy atom. The highest BCUT2D eigenvalue weighted by molar-refractivity contribution is 7.89. The number of benzene rings is 2. The lowest BCUT2D eigenvalue weighted by atomic mass is 9.98. The number of nitrogens with zero attached hydrogens (tertiary/aromatic N) is 3. The second-order valence-electron chi connectivity index (χ2n) is 7.26. The molecule has 0 atom stereocenters. The third-order valence-corrected chi connectivity index (χ3v) is 7.20. The Bertz CT molecular complexity index is 1230. The van der Waals surface area contributed by atoms with Crippen LogP contribution in [-0.4, -0.2) is 41.7 Å². The smallest absolute Gasteiger partial charge is 0.309 e. The SMILES string of the molecule is Nc1nc(COC(=O)C2CCN(S(=O)(=O)c3ccccc3F)CC2)nc2ccccc12. The molecule has 8 nitrogen and oxygen atoms in total. The van der Waals surface area contributed by atoms with Gasteiger partial charge in [-0.1, -0.05) is 24.3 Å². The first-order chi connectivity index (χ1) is 14.9. The monoisotopic (exact) mass is 444 g/mol. The number of carbonyl (C=O) groups is 1. The molecule has 0 unspecified atom stereocenters. The maximum Gasteiger partial charge on any atom is 0.309 e. The predicted octanol–water partition coefficient (Wildman–Crippen LogP) is 2.50. The summed E-state index contributed by atoms with van der Waals surface area (Å²) < 4.78 is 45.8. The Kier molecular flexibility index (Phi) is 5.84. The molecule has 1 aromatic heterocycles. The number of ether oxygens (including phenoxy) is 1. The van der Waals surface area contributed by atoms with E-state index < -0.39 is 27.7 Å². The molecule has 0 spiro atoms. The highest BCUT2D eigenvalue weighted by Crippen LogP contribution is 2.26. The van der Waals surface area contributed by atoms with Crippen LogP contribution in [0.25, 0.3) is 10.9 Å². The number of para-hydroxylation sites is 1. The molecule has 0 bridgehead atoms. The van der Waals surface area contributed by atoms with Gasteiger partial charge in [0.1, 0.15) is 16.5 Å². The van der Waals surface area contributed by atoms with Crippen LogP contribution in [0.15, 0.2) is 53.4 Å². The number of nitrogens with two attached hydrogens (primary N) is 1. The first kappa shape index (κ1) is 21.1. The number of fused-ring (bicyclic) bond motifs is 1. The molecular weight excluding hydrogens is 423 g/mol. The molecule has 1 fully saturated rings. The van der Waals surface area contributed by atoms with E-state index in [1.807, 2.05) is 18.2 Å². The van der Waals surface area contributed by atoms with Gasteiger partial charge in [0.2, 0.25) is 10.0 Å². The number of esters is 1. The zero-order chi connectivity index (χ0) is 22.0. The summed E-state index contributed by atoms with van der Waals surface area (Å²) in [5, 5.41) is 0.723. The molecule has 1 saturated heterocycles. The summed E-state index contributed by atoms with van der Waals surface area (Å²) in [5.74, 6) is -1.09. The highest BCUT2D eigenvalue weighted by atomic mass is 32.2. The van der Waals surface area contributed by atoms with Gasteiger partial charge < -0.3 is 10.5 Å². The Hall–Kier alpha value is -3.11. The van der Waals surface area contributed by atoms with E-state index in [1.54, 1.807) is 6.07 Å². The molecule has 162 valence electrons. The van der Waals surface area contributed by atoms with Gasteiger partial charge in [-0.05, 0) is 37.1 Å². The lowest BCUT2D eigenvalue weighted by Crippen LogP contribution is -2.40. The Balaban J connectivity index is 1.36. The molecule has 2 aromatic carbocycles. The lowest BCUT2D eigenvalue weighted by Gasteiger charge is -2.30. The van der Waals surface area contributed by atoms with E-state index in [0.717, 1.165) is 11.5 Å². The number of halogens is 1. The summed E-state index contributed by atoms with van der Waals surface area (Å²) in [6.45, 7) is 0.0906. The van der Waals surface area contributed by atoms with Crippen molar-refractivity contribution in [2.45, 2.75) is 24.3 Å². The number of carbonyl (C=O) groups excluding carboxylic acids is 1. The fourth-order valence-corrected chi connectivity index (χ4v) is 5.13. The van der Waals surface area contributed by atoms with Crippen LogP contribution in [0.2, 0.25) is 0 Å². The first-order valence-corrected chi connectivity index (χ1v) is 11.2. The van der Waals surface area contributed by atoms with Crippen LogP contribution in [0.5, 0.6) is 0 Å². The summed E-state index contributed by atoms with van der Waals surface area (Å²) in [6.07, 6.45) is 0.570. The number of hydrogen-bond donors (Lipinski definition) is 1. The predicted molar refractivity (Wildman–Crippen MR) is 112 cm³/mol. The molecular formula is C21H21FN4O4S. The number of piperidine rings is 1. The van der Waals surface area contributed by atoms with Crippen LogP contribution in [-0.2, 0) is 26.2 Å². The normalized spacial score (nSPS) is 15.8. The van der Waals surface area contributed by atoms with Crippen LogP contribution in [0, 0.1) is 11.7 Å². The minimum absolute atomic E-state index is 0.107. The van der Waals surface area contributed by atoms with Crippen LogP contribution < -0.4 is 5.73 Å². The Morgan fingerprint density at radius 2 is 1.77 bits per heavy atom. The van der Waals surface area contributed by atoms with E-state index in [1.165, 1.54) is 22.5 Å². The van der Waals surface area contributed by atoms with Gasteiger partial charge in [-0.2, -0.15) is 4.31 Å². The maximum atomic E-state index is 13.9. The summed E-state index contributed by atoms with van der Waals surface area (Å²) in [5.41, 5.74) is 6.60. The molecule has 1 aliphatic rings. The molecule has 3 aromatic rings. The number of nitrogen functional groups attached to an aromatic ring is 1. The van der Waals surface area contributed by atoms with Gasteiger partial charge in [-0.25, -0.2) is 22.8 Å². The topological polar surface area (TPSA) is 115 Å². The quantitative estimate of drug-likeness (QED) is 0.601. The third kappa shape index (κ3) is 4.35. The fraction of sp³-hybridized carbons (Fsp3) is 0.286. The van der Waals surface area contributed by atoms with Gasteiger partial charge in [0, 0.05) is 18.5 Å². The molecule has 0 aliphatic carbocycles. The van der Waals surface area contributed by atoms with Crippen molar-refractivity contribution in [3.05, 3.63) is 60.2 Å². The van der Waals surface area contributed by atoms with Crippen LogP contribution in [0.3, 0.4) is 0 Å². The fourth-order valence-electron chi connectivity index (χ4n) is 3.59. The highest BCUT2D eigenvalue weighted by Gasteiger charge is 2.34. The molecule has 31 heavy (non-hydrogen) atoms. The summed E-state index contributed by atoms with van der Waals surface area (Å²) >= 11 is 0. The largest absolute Gasteiger partial charge is 0.457 e. The van der Waals surface area contributed by atoms with Crippen molar-refractivity contribution < 1.29 is 22.3 Å². The number of hydrogen-bond acceptors (Lipinski definition) is 7. The van der Waals surface area contributed by atoms with E-state index in [2.05, 4.69) is 9.97 Å². The van der Waals surface area contributed by atoms with Crippen molar-refractivity contribution >= 4 is 32.7 Å². The minimum atomic E-state index is -3.95. The van der Waals surface area contributed by atoms with Crippen LogP contribution >= 0.6 is 0 Å². The lowest BCUT2D eigenvalue weighted by molar-refractivity contribution is -0.151. The molecule has 10 heteroatoms. The van der Waals surface area contributed by atoms with Gasteiger partial charge in [-0.3, -0.25) is 4.79 Å². The number of aromatic nitrogens is 2. The van der Waals surface area contributed by atoms with Crippen molar-refractivity contribution in [1.29, 1.82) is 0 Å². The molecule has 4 rings (SSSR count). The van der Waals surface area contributed by atoms with E-state index in [4.69, 9.17) is 10.5 Å². The second kappa shape index (κ2) is 8.56. The van der Waals surface area contributed by atoms with Gasteiger partial charge in [0.05, 0.1) is 11.4 Å². The molecule has 0 amide bonds. The average Bonchev–Trinajstić information content (AvgIpc) is 2.78. The van der Waals surface area contributed by atoms with Gasteiger partial charge in [-0.15, -0.1) is 0 Å². The number of anilines is 1. The summed E-state index contributed by atoms with van der Waals surface area (Å²) in [7, 11) is -3.95. The van der Waals surface area contributed by atoms with Crippen molar-refractivity contribution in [3.8, 4) is 0 Å². The van der Waals surface area contributed by atoms with Gasteiger partial charge in [0.15, 0.2) is 12.4 Å². The van der Waals surface area contributed by atoms with Crippen molar-refractivity contribution in [1.82, 2.24) is 14.3 Å². The third-order valence-electron chi connectivity index (χ3n) is 5.26. The first-order valence-electron chi connectivity index (χ1n) is 9.78. The minimum Gasteiger partial charge on any atom is -0.457 e. The summed E-state index contributed by atoms with van der Waals surface area (Å²) in [4.78, 5) is 20.6. The van der Waals surface area contributed by atoms with Crippen molar-refractivity contribution in [2.75, 3.05) is 18.8 Å². The molecule has 0 saturated carbocycles. The second-order valence-corrected chi connectivity index (χ2v) is 9.17. The van der Waals surface area contributed by atoms with E-state index in [0.29, 0.717) is 17.2 Å².